The summed E-state index contributed by atoms with van der Waals surface area (Å²) in [6.07, 6.45) is 0.860. The molecule has 1 rings (SSSR count). The van der Waals surface area contributed by atoms with Gasteiger partial charge in [0.25, 0.3) is 0 Å². The largest absolute Gasteiger partial charge is 0.276 e. The van der Waals surface area contributed by atoms with E-state index in [-0.39, 0.29) is 5.12 Å². The van der Waals surface area contributed by atoms with Crippen molar-refractivity contribution in [3.8, 4) is 0 Å². The van der Waals surface area contributed by atoms with Gasteiger partial charge in [-0.3, -0.25) is 4.79 Å². The molecule has 11 heavy (non-hydrogen) atoms. The van der Waals surface area contributed by atoms with Gasteiger partial charge in [0, 0.05) is 5.56 Å². The summed E-state index contributed by atoms with van der Waals surface area (Å²) in [6.45, 7) is 2.01. The standard InChI is InChI=1S/C9H9OS/c1-2-7-5-3-4-6-8(7)9(10)11/h3-6H,2H2,1H3. The predicted octanol–water partition coefficient (Wildman–Crippen LogP) is 2.59. The summed E-state index contributed by atoms with van der Waals surface area (Å²) in [5.74, 6) is 0. The molecular weight excluding hydrogens is 156 g/mol. The van der Waals surface area contributed by atoms with E-state index >= 15 is 0 Å². The van der Waals surface area contributed by atoms with Crippen molar-refractivity contribution in [3.63, 3.8) is 0 Å². The van der Waals surface area contributed by atoms with Crippen LogP contribution >= 0.6 is 12.6 Å². The molecule has 0 atom stereocenters. The third-order valence-corrected chi connectivity index (χ3v) is 1.84. The first-order chi connectivity index (χ1) is 5.25. The molecular formula is C9H9OS. The van der Waals surface area contributed by atoms with Gasteiger partial charge in [-0.1, -0.05) is 25.1 Å². The average molecular weight is 165 g/mol. The molecule has 57 valence electrons. The van der Waals surface area contributed by atoms with Crippen molar-refractivity contribution in [2.24, 2.45) is 0 Å². The van der Waals surface area contributed by atoms with Crippen LogP contribution in [0.3, 0.4) is 0 Å². The van der Waals surface area contributed by atoms with Crippen LogP contribution in [0.2, 0.25) is 0 Å². The van der Waals surface area contributed by atoms with Crippen LogP contribution in [0, 0.1) is 0 Å². The zero-order chi connectivity index (χ0) is 8.27. The molecule has 0 fully saturated rings. The van der Waals surface area contributed by atoms with Crippen LogP contribution in [0.15, 0.2) is 24.3 Å². The number of carbonyl (C=O) groups is 1. The van der Waals surface area contributed by atoms with Crippen LogP contribution in [0.4, 0.5) is 0 Å². The van der Waals surface area contributed by atoms with Gasteiger partial charge in [-0.2, -0.15) is 0 Å². The molecule has 0 heterocycles. The molecule has 0 aliphatic carbocycles. The third-order valence-electron chi connectivity index (χ3n) is 1.62. The van der Waals surface area contributed by atoms with Crippen molar-refractivity contribution in [1.29, 1.82) is 0 Å². The monoisotopic (exact) mass is 165 g/mol. The van der Waals surface area contributed by atoms with E-state index in [0.717, 1.165) is 12.0 Å². The fraction of sp³-hybridized carbons (Fsp3) is 0.222. The highest BCUT2D eigenvalue weighted by Gasteiger charge is 2.04. The molecule has 0 spiro atoms. The number of carbonyl (C=O) groups excluding carboxylic acids is 1. The maximum atomic E-state index is 10.8. The Labute approximate surface area is 71.8 Å². The molecule has 1 radical (unpaired) electrons. The number of rotatable bonds is 2. The first-order valence-electron chi connectivity index (χ1n) is 3.55. The van der Waals surface area contributed by atoms with Crippen molar-refractivity contribution in [3.05, 3.63) is 35.4 Å². The Bertz CT molecular complexity index is 268. The van der Waals surface area contributed by atoms with Crippen molar-refractivity contribution in [2.45, 2.75) is 13.3 Å². The van der Waals surface area contributed by atoms with Crippen LogP contribution < -0.4 is 0 Å². The Morgan fingerprint density at radius 2 is 2.09 bits per heavy atom. The second-order valence-electron chi connectivity index (χ2n) is 2.30. The normalized spacial score (nSPS) is 9.55. The Morgan fingerprint density at radius 3 is 2.55 bits per heavy atom. The summed E-state index contributed by atoms with van der Waals surface area (Å²) in [5, 5.41) is -0.262. The fourth-order valence-corrected chi connectivity index (χ4v) is 1.23. The number of hydrogen-bond acceptors (Lipinski definition) is 1. The highest BCUT2D eigenvalue weighted by atomic mass is 32.1. The summed E-state index contributed by atoms with van der Waals surface area (Å²) in [7, 11) is 0. The SMILES string of the molecule is CCc1ccccc1C(=O)[S]. The lowest BCUT2D eigenvalue weighted by Crippen LogP contribution is -1.94. The maximum Gasteiger partial charge on any atom is 0.249 e. The molecule has 0 aliphatic rings. The molecule has 0 aromatic heterocycles. The van der Waals surface area contributed by atoms with E-state index < -0.39 is 0 Å². The van der Waals surface area contributed by atoms with Gasteiger partial charge >= 0.3 is 0 Å². The van der Waals surface area contributed by atoms with Gasteiger partial charge in [0.05, 0.1) is 0 Å². The fourth-order valence-electron chi connectivity index (χ4n) is 1.03. The van der Waals surface area contributed by atoms with Crippen molar-refractivity contribution in [1.82, 2.24) is 0 Å². The van der Waals surface area contributed by atoms with Crippen molar-refractivity contribution in [2.75, 3.05) is 0 Å². The van der Waals surface area contributed by atoms with E-state index in [1.807, 2.05) is 25.1 Å². The summed E-state index contributed by atoms with van der Waals surface area (Å²) in [4.78, 5) is 10.8. The predicted molar refractivity (Wildman–Crippen MR) is 47.7 cm³/mol. The number of benzene rings is 1. The molecule has 1 nitrogen and oxygen atoms in total. The quantitative estimate of drug-likeness (QED) is 0.658. The van der Waals surface area contributed by atoms with Gasteiger partial charge in [-0.25, -0.2) is 0 Å². The van der Waals surface area contributed by atoms with Crippen molar-refractivity contribution >= 4 is 17.7 Å². The van der Waals surface area contributed by atoms with Crippen LogP contribution in [0.25, 0.3) is 0 Å². The molecule has 0 saturated heterocycles. The summed E-state index contributed by atoms with van der Waals surface area (Å²) in [6, 6.07) is 7.45. The van der Waals surface area contributed by atoms with E-state index in [0.29, 0.717) is 5.56 Å². The Kier molecular flexibility index (Phi) is 2.60. The van der Waals surface area contributed by atoms with Crippen molar-refractivity contribution < 1.29 is 4.79 Å². The van der Waals surface area contributed by atoms with E-state index in [9.17, 15) is 4.79 Å². The zero-order valence-electron chi connectivity index (χ0n) is 6.33. The van der Waals surface area contributed by atoms with Crippen LogP contribution in [-0.2, 0) is 6.42 Å². The second-order valence-corrected chi connectivity index (χ2v) is 2.67. The molecule has 0 saturated carbocycles. The smallest absolute Gasteiger partial charge is 0.249 e. The van der Waals surface area contributed by atoms with Gasteiger partial charge in [0.2, 0.25) is 5.12 Å². The van der Waals surface area contributed by atoms with Crippen LogP contribution in [-0.4, -0.2) is 5.12 Å². The maximum absolute atomic E-state index is 10.8. The minimum absolute atomic E-state index is 0.262. The Hall–Kier alpha value is -0.890. The Balaban J connectivity index is 3.12. The average Bonchev–Trinajstić information content (AvgIpc) is 2.04. The van der Waals surface area contributed by atoms with Crippen LogP contribution in [0.5, 0.6) is 0 Å². The van der Waals surface area contributed by atoms with Gasteiger partial charge in [-0.05, 0) is 30.7 Å². The summed E-state index contributed by atoms with van der Waals surface area (Å²) < 4.78 is 0. The lowest BCUT2D eigenvalue weighted by Gasteiger charge is -2.00. The minimum atomic E-state index is -0.262. The van der Waals surface area contributed by atoms with E-state index in [1.54, 1.807) is 6.07 Å². The molecule has 0 amide bonds. The molecule has 0 N–H and O–H groups in total. The highest BCUT2D eigenvalue weighted by Crippen LogP contribution is 2.11. The van der Waals surface area contributed by atoms with E-state index in [1.165, 1.54) is 0 Å². The topological polar surface area (TPSA) is 17.1 Å². The lowest BCUT2D eigenvalue weighted by molar-refractivity contribution is 0.109. The van der Waals surface area contributed by atoms with E-state index in [4.69, 9.17) is 0 Å². The first kappa shape index (κ1) is 8.21. The van der Waals surface area contributed by atoms with Crippen LogP contribution in [0.1, 0.15) is 22.8 Å². The first-order valence-corrected chi connectivity index (χ1v) is 3.95. The number of hydrogen-bond donors (Lipinski definition) is 0. The zero-order valence-corrected chi connectivity index (χ0v) is 7.15. The van der Waals surface area contributed by atoms with Gasteiger partial charge < -0.3 is 0 Å². The molecule has 1 aromatic rings. The lowest BCUT2D eigenvalue weighted by atomic mass is 10.1. The minimum Gasteiger partial charge on any atom is -0.276 e. The summed E-state index contributed by atoms with van der Waals surface area (Å²) >= 11 is 4.56. The molecule has 1 aromatic carbocycles. The Morgan fingerprint density at radius 1 is 1.45 bits per heavy atom. The van der Waals surface area contributed by atoms with Gasteiger partial charge in [-0.15, -0.1) is 0 Å². The molecule has 0 aliphatic heterocycles. The highest BCUT2D eigenvalue weighted by molar-refractivity contribution is 7.97. The summed E-state index contributed by atoms with van der Waals surface area (Å²) in [5.41, 5.74) is 1.71. The third kappa shape index (κ3) is 1.77. The second kappa shape index (κ2) is 3.49. The van der Waals surface area contributed by atoms with E-state index in [2.05, 4.69) is 12.6 Å². The molecule has 2 heteroatoms. The van der Waals surface area contributed by atoms with Gasteiger partial charge in [0.1, 0.15) is 0 Å². The number of aryl methyl sites for hydroxylation is 1. The molecule has 0 unspecified atom stereocenters. The van der Waals surface area contributed by atoms with Gasteiger partial charge in [0.15, 0.2) is 0 Å². The molecule has 0 bridgehead atoms.